The van der Waals surface area contributed by atoms with Crippen LogP contribution in [-0.4, -0.2) is 12.3 Å². The number of hydrogen-bond donors (Lipinski definition) is 0. The molecule has 0 radical (unpaired) electrons. The second-order valence-electron chi connectivity index (χ2n) is 5.56. The lowest BCUT2D eigenvalue weighted by Crippen LogP contribution is -2.17. The largest absolute Gasteiger partial charge is 0.573 e. The van der Waals surface area contributed by atoms with Crippen LogP contribution in [0, 0.1) is 0 Å². The molecule has 6 heteroatoms. The van der Waals surface area contributed by atoms with Gasteiger partial charge in [-0.15, -0.1) is 13.2 Å². The minimum Gasteiger partial charge on any atom is -0.423 e. The van der Waals surface area contributed by atoms with Gasteiger partial charge in [-0.2, -0.15) is 0 Å². The Hall–Kier alpha value is -2.50. The normalized spacial score (nSPS) is 11.2. The van der Waals surface area contributed by atoms with Crippen molar-refractivity contribution in [2.45, 2.75) is 39.0 Å². The molecular formula is C19H19F3O3. The van der Waals surface area contributed by atoms with E-state index in [1.54, 1.807) is 12.1 Å². The molecule has 3 nitrogen and oxygen atoms in total. The minimum atomic E-state index is -4.76. The summed E-state index contributed by atoms with van der Waals surface area (Å²) in [6.07, 6.45) is -0.348. The van der Waals surface area contributed by atoms with E-state index in [0.717, 1.165) is 31.4 Å². The van der Waals surface area contributed by atoms with Crippen molar-refractivity contribution in [2.75, 3.05) is 0 Å². The smallest absolute Gasteiger partial charge is 0.423 e. The number of esters is 1. The summed E-state index contributed by atoms with van der Waals surface area (Å²) < 4.78 is 45.3. The second-order valence-corrected chi connectivity index (χ2v) is 5.56. The van der Waals surface area contributed by atoms with Crippen LogP contribution in [0.2, 0.25) is 0 Å². The van der Waals surface area contributed by atoms with Gasteiger partial charge in [0.15, 0.2) is 0 Å². The van der Waals surface area contributed by atoms with Gasteiger partial charge in [0.25, 0.3) is 0 Å². The van der Waals surface area contributed by atoms with Gasteiger partial charge in [-0.05, 0) is 54.8 Å². The van der Waals surface area contributed by atoms with Crippen LogP contribution in [0.1, 0.15) is 42.1 Å². The monoisotopic (exact) mass is 352 g/mol. The van der Waals surface area contributed by atoms with E-state index < -0.39 is 12.3 Å². The quantitative estimate of drug-likeness (QED) is 0.373. The van der Waals surface area contributed by atoms with Gasteiger partial charge in [-0.1, -0.05) is 31.9 Å². The summed E-state index contributed by atoms with van der Waals surface area (Å²) in [6, 6.07) is 11.8. The number of carbonyl (C=O) groups excluding carboxylic acids is 1. The highest BCUT2D eigenvalue weighted by Crippen LogP contribution is 2.23. The highest BCUT2D eigenvalue weighted by Gasteiger charge is 2.31. The van der Waals surface area contributed by atoms with Crippen LogP contribution in [-0.2, 0) is 6.42 Å². The zero-order chi connectivity index (χ0) is 18.3. The first kappa shape index (κ1) is 18.8. The molecule has 0 unspecified atom stereocenters. The average molecular weight is 352 g/mol. The number of benzene rings is 2. The van der Waals surface area contributed by atoms with E-state index in [4.69, 9.17) is 4.74 Å². The van der Waals surface area contributed by atoms with Crippen molar-refractivity contribution >= 4 is 5.97 Å². The second kappa shape index (κ2) is 8.55. The molecule has 0 aliphatic rings. The maximum Gasteiger partial charge on any atom is 0.573 e. The molecule has 2 aromatic carbocycles. The van der Waals surface area contributed by atoms with Gasteiger partial charge in [0.1, 0.15) is 11.5 Å². The fraction of sp³-hybridized carbons (Fsp3) is 0.316. The summed E-state index contributed by atoms with van der Waals surface area (Å²) in [4.78, 5) is 12.0. The van der Waals surface area contributed by atoms with Crippen LogP contribution in [0.15, 0.2) is 48.5 Å². The molecule has 0 atom stereocenters. The fourth-order valence-electron chi connectivity index (χ4n) is 2.26. The van der Waals surface area contributed by atoms with Gasteiger partial charge >= 0.3 is 12.3 Å². The number of rotatable bonds is 7. The lowest BCUT2D eigenvalue weighted by molar-refractivity contribution is -0.274. The third-order valence-corrected chi connectivity index (χ3v) is 3.53. The van der Waals surface area contributed by atoms with E-state index in [2.05, 4.69) is 11.7 Å². The molecule has 2 rings (SSSR count). The van der Waals surface area contributed by atoms with Crippen LogP contribution in [0.25, 0.3) is 0 Å². The molecule has 0 saturated heterocycles. The SMILES string of the molecule is CCCCCc1ccc(OC(=O)c2ccc(OC(F)(F)F)cc2)cc1. The van der Waals surface area contributed by atoms with Crippen molar-refractivity contribution in [2.24, 2.45) is 0 Å². The molecule has 2 aromatic rings. The van der Waals surface area contributed by atoms with Gasteiger partial charge in [0.2, 0.25) is 0 Å². The van der Waals surface area contributed by atoms with Crippen molar-refractivity contribution in [3.63, 3.8) is 0 Å². The van der Waals surface area contributed by atoms with Crippen LogP contribution in [0.3, 0.4) is 0 Å². The van der Waals surface area contributed by atoms with Crippen molar-refractivity contribution in [1.29, 1.82) is 0 Å². The lowest BCUT2D eigenvalue weighted by atomic mass is 10.1. The highest BCUT2D eigenvalue weighted by atomic mass is 19.4. The molecule has 134 valence electrons. The van der Waals surface area contributed by atoms with E-state index in [9.17, 15) is 18.0 Å². The Labute approximate surface area is 144 Å². The van der Waals surface area contributed by atoms with Crippen LogP contribution < -0.4 is 9.47 Å². The van der Waals surface area contributed by atoms with Crippen LogP contribution in [0.5, 0.6) is 11.5 Å². The number of ether oxygens (including phenoxy) is 2. The van der Waals surface area contributed by atoms with Gasteiger partial charge in [-0.3, -0.25) is 0 Å². The number of unbranched alkanes of at least 4 members (excludes halogenated alkanes) is 2. The van der Waals surface area contributed by atoms with E-state index in [0.29, 0.717) is 5.75 Å². The average Bonchev–Trinajstić information content (AvgIpc) is 2.56. The summed E-state index contributed by atoms with van der Waals surface area (Å²) >= 11 is 0. The predicted molar refractivity (Wildman–Crippen MR) is 87.8 cm³/mol. The number of halogens is 3. The Kier molecular flexibility index (Phi) is 6.44. The number of aryl methyl sites for hydroxylation is 1. The molecule has 0 heterocycles. The van der Waals surface area contributed by atoms with Gasteiger partial charge in [0.05, 0.1) is 5.56 Å². The predicted octanol–water partition coefficient (Wildman–Crippen LogP) is 5.54. The Morgan fingerprint density at radius 2 is 1.52 bits per heavy atom. The Morgan fingerprint density at radius 1 is 0.920 bits per heavy atom. The molecule has 0 N–H and O–H groups in total. The van der Waals surface area contributed by atoms with Gasteiger partial charge in [0, 0.05) is 0 Å². The summed E-state index contributed by atoms with van der Waals surface area (Å²) in [5.74, 6) is -0.641. The molecule has 25 heavy (non-hydrogen) atoms. The van der Waals surface area contributed by atoms with E-state index in [-0.39, 0.29) is 11.3 Å². The highest BCUT2D eigenvalue weighted by molar-refractivity contribution is 5.91. The molecule has 0 fully saturated rings. The number of hydrogen-bond acceptors (Lipinski definition) is 3. The molecule has 0 aliphatic carbocycles. The van der Waals surface area contributed by atoms with Crippen LogP contribution in [0.4, 0.5) is 13.2 Å². The molecule has 0 bridgehead atoms. The van der Waals surface area contributed by atoms with Crippen molar-refractivity contribution in [1.82, 2.24) is 0 Å². The summed E-state index contributed by atoms with van der Waals surface area (Å²) in [6.45, 7) is 2.14. The maximum absolute atomic E-state index is 12.1. The van der Waals surface area contributed by atoms with E-state index in [1.807, 2.05) is 12.1 Å². The third-order valence-electron chi connectivity index (χ3n) is 3.53. The molecule has 0 saturated carbocycles. The molecule has 0 amide bonds. The Morgan fingerprint density at radius 3 is 2.08 bits per heavy atom. The summed E-state index contributed by atoms with van der Waals surface area (Å²) in [5.41, 5.74) is 1.31. The van der Waals surface area contributed by atoms with Crippen molar-refractivity contribution in [3.05, 3.63) is 59.7 Å². The fourth-order valence-corrected chi connectivity index (χ4v) is 2.26. The first-order chi connectivity index (χ1) is 11.9. The zero-order valence-corrected chi connectivity index (χ0v) is 13.8. The van der Waals surface area contributed by atoms with E-state index >= 15 is 0 Å². The van der Waals surface area contributed by atoms with Gasteiger partial charge in [-0.25, -0.2) is 4.79 Å². The first-order valence-corrected chi connectivity index (χ1v) is 8.04. The summed E-state index contributed by atoms with van der Waals surface area (Å²) in [7, 11) is 0. The van der Waals surface area contributed by atoms with E-state index in [1.165, 1.54) is 24.1 Å². The van der Waals surface area contributed by atoms with Crippen molar-refractivity contribution < 1.29 is 27.4 Å². The number of alkyl halides is 3. The maximum atomic E-state index is 12.1. The Balaban J connectivity index is 1.92. The summed E-state index contributed by atoms with van der Waals surface area (Å²) in [5, 5.41) is 0. The Bertz CT molecular complexity index is 677. The molecule has 0 aromatic heterocycles. The lowest BCUT2D eigenvalue weighted by Gasteiger charge is -2.09. The zero-order valence-electron chi connectivity index (χ0n) is 13.8. The van der Waals surface area contributed by atoms with Crippen molar-refractivity contribution in [3.8, 4) is 11.5 Å². The molecular weight excluding hydrogens is 333 g/mol. The molecule has 0 spiro atoms. The van der Waals surface area contributed by atoms with Gasteiger partial charge < -0.3 is 9.47 Å². The van der Waals surface area contributed by atoms with Crippen LogP contribution >= 0.6 is 0 Å². The standard InChI is InChI=1S/C19H19F3O3/c1-2-3-4-5-14-6-10-16(11-7-14)24-18(23)15-8-12-17(13-9-15)25-19(20,21)22/h6-13H,2-5H2,1H3. The third kappa shape index (κ3) is 6.49. The number of carbonyl (C=O) groups is 1. The first-order valence-electron chi connectivity index (χ1n) is 8.04. The molecule has 0 aliphatic heterocycles. The minimum absolute atomic E-state index is 0.140. The topological polar surface area (TPSA) is 35.5 Å².